The van der Waals surface area contributed by atoms with Gasteiger partial charge in [-0.15, -0.1) is 0 Å². The van der Waals surface area contributed by atoms with E-state index in [9.17, 15) is 27.9 Å². The van der Waals surface area contributed by atoms with Gasteiger partial charge >= 0.3 is 12.1 Å². The number of Topliss-reactive ketones (excluding diaryl/α,β-unsaturated/α-hetero) is 1. The van der Waals surface area contributed by atoms with Crippen LogP contribution < -0.4 is 0 Å². The van der Waals surface area contributed by atoms with Gasteiger partial charge < -0.3 is 10.1 Å². The number of benzene rings is 2. The number of hydrogen-bond acceptors (Lipinski definition) is 2. The summed E-state index contributed by atoms with van der Waals surface area (Å²) < 4.78 is 39.7. The molecule has 0 bridgehead atoms. The monoisotopic (exact) mass is 401 g/mol. The van der Waals surface area contributed by atoms with Crippen LogP contribution in [0.4, 0.5) is 13.2 Å². The van der Waals surface area contributed by atoms with Crippen LogP contribution in [0.1, 0.15) is 28.0 Å². The van der Waals surface area contributed by atoms with Crippen LogP contribution in [0.3, 0.4) is 0 Å². The number of carbonyl (C=O) groups is 2. The van der Waals surface area contributed by atoms with Gasteiger partial charge in [-0.3, -0.25) is 9.59 Å². The smallest absolute Gasteiger partial charge is 0.417 e. The Labute approximate surface area is 165 Å². The molecule has 150 valence electrons. The number of aliphatic carboxylic acids is 1. The van der Waals surface area contributed by atoms with Crippen LogP contribution in [0.5, 0.6) is 0 Å². The Bertz CT molecular complexity index is 1010. The van der Waals surface area contributed by atoms with Crippen LogP contribution in [-0.4, -0.2) is 21.8 Å². The summed E-state index contributed by atoms with van der Waals surface area (Å²) in [5, 5.41) is 9.45. The zero-order valence-electron chi connectivity index (χ0n) is 15.2. The highest BCUT2D eigenvalue weighted by molar-refractivity contribution is 5.97. The summed E-state index contributed by atoms with van der Waals surface area (Å²) >= 11 is 0. The minimum absolute atomic E-state index is 0.0712. The highest BCUT2D eigenvalue weighted by Crippen LogP contribution is 2.36. The van der Waals surface area contributed by atoms with Gasteiger partial charge in [-0.2, -0.15) is 13.2 Å². The lowest BCUT2D eigenvalue weighted by Gasteiger charge is -2.12. The SMILES string of the molecule is O=C(CC(Cc1ccccc1)C(=O)O)c1ccc(-c2ccccc2C(F)(F)F)[nH]1. The number of ketones is 1. The van der Waals surface area contributed by atoms with Gasteiger partial charge in [0.25, 0.3) is 0 Å². The van der Waals surface area contributed by atoms with Crippen molar-refractivity contribution < 1.29 is 27.9 Å². The summed E-state index contributed by atoms with van der Waals surface area (Å²) in [5.41, 5.74) is 0.137. The molecule has 0 aliphatic heterocycles. The molecule has 2 aromatic carbocycles. The minimum atomic E-state index is -4.53. The molecule has 1 unspecified atom stereocenters. The molecule has 1 heterocycles. The Morgan fingerprint density at radius 2 is 1.59 bits per heavy atom. The fraction of sp³-hybridized carbons (Fsp3) is 0.182. The topological polar surface area (TPSA) is 70.2 Å². The number of carboxylic acids is 1. The number of aromatic nitrogens is 1. The summed E-state index contributed by atoms with van der Waals surface area (Å²) in [6.07, 6.45) is -4.60. The van der Waals surface area contributed by atoms with E-state index in [1.54, 1.807) is 24.3 Å². The summed E-state index contributed by atoms with van der Waals surface area (Å²) in [5.74, 6) is -2.50. The van der Waals surface area contributed by atoms with Crippen molar-refractivity contribution in [1.82, 2.24) is 4.98 Å². The highest BCUT2D eigenvalue weighted by atomic mass is 19.4. The first kappa shape index (κ1) is 20.4. The van der Waals surface area contributed by atoms with E-state index in [-0.39, 0.29) is 29.8 Å². The second-order valence-electron chi connectivity index (χ2n) is 6.68. The summed E-state index contributed by atoms with van der Waals surface area (Å²) in [6, 6.07) is 16.8. The van der Waals surface area contributed by atoms with Crippen molar-refractivity contribution >= 4 is 11.8 Å². The zero-order chi connectivity index (χ0) is 21.0. The summed E-state index contributed by atoms with van der Waals surface area (Å²) in [4.78, 5) is 26.8. The molecule has 0 aliphatic rings. The number of hydrogen-bond donors (Lipinski definition) is 2. The van der Waals surface area contributed by atoms with Gasteiger partial charge in [0, 0.05) is 17.7 Å². The third kappa shape index (κ3) is 4.93. The van der Waals surface area contributed by atoms with Gasteiger partial charge in [0.2, 0.25) is 0 Å². The molecule has 1 atom stereocenters. The number of H-pyrrole nitrogens is 1. The highest BCUT2D eigenvalue weighted by Gasteiger charge is 2.33. The molecule has 3 aromatic rings. The minimum Gasteiger partial charge on any atom is -0.481 e. The van der Waals surface area contributed by atoms with E-state index in [0.717, 1.165) is 11.6 Å². The van der Waals surface area contributed by atoms with E-state index in [1.165, 1.54) is 30.3 Å². The van der Waals surface area contributed by atoms with Crippen molar-refractivity contribution in [3.05, 3.63) is 83.6 Å². The van der Waals surface area contributed by atoms with Gasteiger partial charge in [0.1, 0.15) is 0 Å². The van der Waals surface area contributed by atoms with Crippen molar-refractivity contribution in [2.45, 2.75) is 19.0 Å². The number of halogens is 3. The number of alkyl halides is 3. The Balaban J connectivity index is 1.80. The maximum Gasteiger partial charge on any atom is 0.417 e. The molecule has 0 amide bonds. The Morgan fingerprint density at radius 1 is 0.931 bits per heavy atom. The van der Waals surface area contributed by atoms with Gasteiger partial charge in [0.05, 0.1) is 17.2 Å². The van der Waals surface area contributed by atoms with E-state index in [1.807, 2.05) is 6.07 Å². The largest absolute Gasteiger partial charge is 0.481 e. The lowest BCUT2D eigenvalue weighted by molar-refractivity contribution is -0.141. The van der Waals surface area contributed by atoms with E-state index in [0.29, 0.717) is 0 Å². The average Bonchev–Trinajstić information content (AvgIpc) is 3.18. The van der Waals surface area contributed by atoms with Crippen molar-refractivity contribution in [1.29, 1.82) is 0 Å². The quantitative estimate of drug-likeness (QED) is 0.534. The molecule has 2 N–H and O–H groups in total. The molecule has 0 spiro atoms. The number of carboxylic acid groups (broad SMARTS) is 1. The van der Waals surface area contributed by atoms with E-state index in [4.69, 9.17) is 0 Å². The van der Waals surface area contributed by atoms with E-state index in [2.05, 4.69) is 4.98 Å². The molecular formula is C22H18F3NO3. The predicted octanol–water partition coefficient (Wildman–Crippen LogP) is 5.22. The molecule has 1 aromatic heterocycles. The van der Waals surface area contributed by atoms with Crippen LogP contribution in [0.2, 0.25) is 0 Å². The van der Waals surface area contributed by atoms with Crippen LogP contribution in [0.15, 0.2) is 66.7 Å². The van der Waals surface area contributed by atoms with Crippen molar-refractivity contribution in [3.63, 3.8) is 0 Å². The second-order valence-corrected chi connectivity index (χ2v) is 6.68. The third-order valence-electron chi connectivity index (χ3n) is 4.62. The maximum atomic E-state index is 13.2. The predicted molar refractivity (Wildman–Crippen MR) is 101 cm³/mol. The lowest BCUT2D eigenvalue weighted by Crippen LogP contribution is -2.20. The number of nitrogens with one attached hydrogen (secondary N) is 1. The number of aromatic amines is 1. The van der Waals surface area contributed by atoms with Crippen molar-refractivity contribution in [2.75, 3.05) is 0 Å². The lowest BCUT2D eigenvalue weighted by atomic mass is 9.93. The number of carbonyl (C=O) groups excluding carboxylic acids is 1. The molecule has 0 aliphatic carbocycles. The molecule has 29 heavy (non-hydrogen) atoms. The Hall–Kier alpha value is -3.35. The van der Waals surface area contributed by atoms with Crippen LogP contribution >= 0.6 is 0 Å². The van der Waals surface area contributed by atoms with Gasteiger partial charge in [-0.1, -0.05) is 48.5 Å². The summed E-state index contributed by atoms with van der Waals surface area (Å²) in [7, 11) is 0. The molecule has 3 rings (SSSR count). The molecule has 0 saturated carbocycles. The van der Waals surface area contributed by atoms with Gasteiger partial charge in [-0.25, -0.2) is 0 Å². The first-order valence-corrected chi connectivity index (χ1v) is 8.91. The first-order valence-electron chi connectivity index (χ1n) is 8.91. The second kappa shape index (κ2) is 8.34. The average molecular weight is 401 g/mol. The fourth-order valence-corrected chi connectivity index (χ4v) is 3.16. The number of rotatable bonds is 7. The van der Waals surface area contributed by atoms with E-state index >= 15 is 0 Å². The first-order chi connectivity index (χ1) is 13.8. The molecule has 4 nitrogen and oxygen atoms in total. The molecular weight excluding hydrogens is 383 g/mol. The Morgan fingerprint density at radius 3 is 2.24 bits per heavy atom. The van der Waals surface area contributed by atoms with Crippen molar-refractivity contribution in [2.24, 2.45) is 5.92 Å². The van der Waals surface area contributed by atoms with Crippen LogP contribution in [0.25, 0.3) is 11.3 Å². The fourth-order valence-electron chi connectivity index (χ4n) is 3.16. The van der Waals surface area contributed by atoms with Crippen LogP contribution in [0, 0.1) is 5.92 Å². The standard InChI is InChI=1S/C22H18F3NO3/c23-22(24,25)17-9-5-4-8-16(17)18-10-11-19(26-18)20(27)13-15(21(28)29)12-14-6-2-1-3-7-14/h1-11,15,26H,12-13H2,(H,28,29). The molecule has 7 heteroatoms. The molecule has 0 radical (unpaired) electrons. The Kier molecular flexibility index (Phi) is 5.87. The van der Waals surface area contributed by atoms with Gasteiger partial charge in [0.15, 0.2) is 5.78 Å². The van der Waals surface area contributed by atoms with E-state index < -0.39 is 29.4 Å². The summed E-state index contributed by atoms with van der Waals surface area (Å²) in [6.45, 7) is 0. The zero-order valence-corrected chi connectivity index (χ0v) is 15.2. The van der Waals surface area contributed by atoms with Crippen LogP contribution in [-0.2, 0) is 17.4 Å². The maximum absolute atomic E-state index is 13.2. The molecule has 0 saturated heterocycles. The molecule has 0 fully saturated rings. The van der Waals surface area contributed by atoms with Crippen molar-refractivity contribution in [3.8, 4) is 11.3 Å². The normalized spacial score (nSPS) is 12.5. The van der Waals surface area contributed by atoms with Gasteiger partial charge in [-0.05, 0) is 30.2 Å². The third-order valence-corrected chi connectivity index (χ3v) is 4.62.